The molecule has 0 saturated carbocycles. The monoisotopic (exact) mass is 343 g/mol. The molecular weight excluding hydrogens is 325 g/mol. The maximum atomic E-state index is 11.6. The van der Waals surface area contributed by atoms with E-state index in [4.69, 9.17) is 5.11 Å². The summed E-state index contributed by atoms with van der Waals surface area (Å²) in [4.78, 5) is 22.9. The molecular formula is C12H18NNaO7S. The van der Waals surface area contributed by atoms with E-state index in [1.807, 2.05) is 0 Å². The van der Waals surface area contributed by atoms with E-state index >= 15 is 0 Å². The molecule has 10 heteroatoms. The number of ether oxygens (including phenoxy) is 1. The maximum absolute atomic E-state index is 11.6. The minimum Gasteiger partial charge on any atom is -0.747 e. The van der Waals surface area contributed by atoms with Gasteiger partial charge in [0.05, 0.1) is 5.54 Å². The molecule has 120 valence electrons. The number of nitrogens with one attached hydrogen (secondary N) is 1. The molecule has 8 nitrogen and oxygen atoms in total. The first-order valence-electron chi connectivity index (χ1n) is 5.80. The summed E-state index contributed by atoms with van der Waals surface area (Å²) in [7, 11) is -5.04. The molecule has 0 bridgehead atoms. The van der Waals surface area contributed by atoms with Gasteiger partial charge >= 0.3 is 35.5 Å². The van der Waals surface area contributed by atoms with Gasteiger partial charge in [0.1, 0.15) is 15.4 Å². The third-order valence-corrected chi connectivity index (χ3v) is 3.88. The fourth-order valence-corrected chi connectivity index (χ4v) is 2.97. The van der Waals surface area contributed by atoms with E-state index in [0.29, 0.717) is 0 Å². The van der Waals surface area contributed by atoms with Gasteiger partial charge in [0.25, 0.3) is 0 Å². The van der Waals surface area contributed by atoms with Gasteiger partial charge in [0, 0.05) is 5.57 Å². The number of carbonyl (C=O) groups excluding carboxylic acids is 2. The molecule has 0 rings (SSSR count). The Labute approximate surface area is 151 Å². The molecule has 0 aromatic heterocycles. The van der Waals surface area contributed by atoms with Gasteiger partial charge < -0.3 is 19.7 Å². The molecule has 1 amide bonds. The van der Waals surface area contributed by atoms with E-state index in [-0.39, 0.29) is 29.6 Å². The summed E-state index contributed by atoms with van der Waals surface area (Å²) >= 11 is 0. The summed E-state index contributed by atoms with van der Waals surface area (Å²) in [6, 6.07) is 0. The van der Waals surface area contributed by atoms with Gasteiger partial charge in [-0.05, 0) is 26.8 Å². The molecule has 2 N–H and O–H groups in total. The Morgan fingerprint density at radius 3 is 2.18 bits per heavy atom. The molecule has 0 fully saturated rings. The zero-order valence-corrected chi connectivity index (χ0v) is 15.8. The molecule has 0 aromatic rings. The van der Waals surface area contributed by atoms with E-state index < -0.39 is 44.6 Å². The second kappa shape index (κ2) is 8.80. The summed E-state index contributed by atoms with van der Waals surface area (Å²) in [5.41, 5.74) is -2.33. The molecule has 0 spiro atoms. The Balaban J connectivity index is 0. The zero-order chi connectivity index (χ0) is 17.0. The second-order valence-corrected chi connectivity index (χ2v) is 6.27. The van der Waals surface area contributed by atoms with Crippen molar-refractivity contribution in [3.05, 3.63) is 24.8 Å². The van der Waals surface area contributed by atoms with Crippen LogP contribution in [0.4, 0.5) is 0 Å². The normalized spacial score (nSPS) is 14.0. The molecule has 0 radical (unpaired) electrons. The minimum absolute atomic E-state index is 0. The molecule has 0 saturated heterocycles. The van der Waals surface area contributed by atoms with Crippen LogP contribution in [0.2, 0.25) is 0 Å². The number of amides is 1. The van der Waals surface area contributed by atoms with E-state index in [1.54, 1.807) is 0 Å². The van der Waals surface area contributed by atoms with Crippen LogP contribution in [-0.2, 0) is 24.4 Å². The van der Waals surface area contributed by atoms with Gasteiger partial charge in [0.2, 0.25) is 5.91 Å². The third-order valence-electron chi connectivity index (χ3n) is 2.43. The van der Waals surface area contributed by atoms with Crippen molar-refractivity contribution in [3.63, 3.8) is 0 Å². The Bertz CT molecular complexity index is 554. The van der Waals surface area contributed by atoms with Crippen molar-refractivity contribution in [1.29, 1.82) is 0 Å². The number of hydrogen-bond donors (Lipinski definition) is 2. The van der Waals surface area contributed by atoms with Crippen molar-refractivity contribution >= 4 is 22.0 Å². The largest absolute Gasteiger partial charge is 1.00 e. The molecule has 0 aliphatic carbocycles. The second-order valence-electron chi connectivity index (χ2n) is 4.82. The van der Waals surface area contributed by atoms with Gasteiger partial charge in [0.15, 0.2) is 6.29 Å². The summed E-state index contributed by atoms with van der Waals surface area (Å²) in [5, 5.41) is 9.21. The van der Waals surface area contributed by atoms with Gasteiger partial charge in [-0.2, -0.15) is 0 Å². The first-order chi connectivity index (χ1) is 9.32. The van der Waals surface area contributed by atoms with Crippen LogP contribution in [0.15, 0.2) is 24.8 Å². The van der Waals surface area contributed by atoms with Crippen molar-refractivity contribution in [2.75, 3.05) is 0 Å². The molecule has 2 unspecified atom stereocenters. The smallest absolute Gasteiger partial charge is 0.747 e. The first-order valence-corrected chi connectivity index (χ1v) is 7.27. The molecule has 0 aliphatic rings. The molecule has 0 heterocycles. The van der Waals surface area contributed by atoms with Crippen molar-refractivity contribution in [1.82, 2.24) is 5.32 Å². The Kier molecular flexibility index (Phi) is 9.42. The van der Waals surface area contributed by atoms with Crippen molar-refractivity contribution in [2.45, 2.75) is 37.9 Å². The fourth-order valence-electron chi connectivity index (χ4n) is 1.74. The zero-order valence-electron chi connectivity index (χ0n) is 13.0. The average molecular weight is 343 g/mol. The number of esters is 1. The van der Waals surface area contributed by atoms with Gasteiger partial charge in [-0.1, -0.05) is 13.2 Å². The van der Waals surface area contributed by atoms with Crippen molar-refractivity contribution < 1.29 is 62.0 Å². The van der Waals surface area contributed by atoms with Gasteiger partial charge in [-0.15, -0.1) is 0 Å². The van der Waals surface area contributed by atoms with Crippen LogP contribution in [0, 0.1) is 0 Å². The van der Waals surface area contributed by atoms with E-state index in [2.05, 4.69) is 23.2 Å². The van der Waals surface area contributed by atoms with Crippen LogP contribution < -0.4 is 34.9 Å². The molecule has 0 aromatic carbocycles. The average Bonchev–Trinajstić information content (AvgIpc) is 2.24. The number of rotatable bonds is 7. The standard InChI is InChI=1S/C12H19NO7S.Na/c1-6-9(15)13-12(4,5)10(21(17,18)19)7(2)11(16)20-8(3)14;/h6,8,10,14H,1-2H2,3-5H3,(H,13,15)(H,17,18,19);/q;+1/p-1. The summed E-state index contributed by atoms with van der Waals surface area (Å²) < 4.78 is 38.6. The number of hydrogen-bond acceptors (Lipinski definition) is 7. The Morgan fingerprint density at radius 2 is 1.86 bits per heavy atom. The topological polar surface area (TPSA) is 133 Å². The Morgan fingerprint density at radius 1 is 1.41 bits per heavy atom. The summed E-state index contributed by atoms with van der Waals surface area (Å²) in [5.74, 6) is -1.99. The third kappa shape index (κ3) is 7.03. The van der Waals surface area contributed by atoms with Crippen molar-refractivity contribution in [2.24, 2.45) is 0 Å². The van der Waals surface area contributed by atoms with Crippen LogP contribution in [0.1, 0.15) is 20.8 Å². The van der Waals surface area contributed by atoms with Crippen LogP contribution >= 0.6 is 0 Å². The predicted molar refractivity (Wildman–Crippen MR) is 72.8 cm³/mol. The molecule has 2 atom stereocenters. The van der Waals surface area contributed by atoms with Gasteiger partial charge in [-0.25, -0.2) is 13.2 Å². The number of aliphatic hydroxyl groups excluding tert-OH is 1. The van der Waals surface area contributed by atoms with Crippen LogP contribution in [0.3, 0.4) is 0 Å². The fraction of sp³-hybridized carbons (Fsp3) is 0.500. The maximum Gasteiger partial charge on any atom is 1.00 e. The Hall–Kier alpha value is -0.710. The predicted octanol–water partition coefficient (Wildman–Crippen LogP) is -3.58. The SMILES string of the molecule is C=CC(=O)NC(C)(C)C(C(=C)C(=O)OC(C)O)S(=O)(=O)[O-].[Na+]. The van der Waals surface area contributed by atoms with E-state index in [9.17, 15) is 22.6 Å². The molecule has 0 aliphatic heterocycles. The first kappa shape index (κ1) is 23.6. The van der Waals surface area contributed by atoms with Crippen LogP contribution in [0.5, 0.6) is 0 Å². The quantitative estimate of drug-likeness (QED) is 0.161. The summed E-state index contributed by atoms with van der Waals surface area (Å²) in [6.45, 7) is 10.0. The minimum atomic E-state index is -5.04. The van der Waals surface area contributed by atoms with Crippen molar-refractivity contribution in [3.8, 4) is 0 Å². The van der Waals surface area contributed by atoms with Crippen LogP contribution in [0.25, 0.3) is 0 Å². The number of aliphatic hydroxyl groups is 1. The van der Waals surface area contributed by atoms with Crippen LogP contribution in [-0.4, -0.2) is 47.0 Å². The van der Waals surface area contributed by atoms with E-state index in [1.165, 1.54) is 13.8 Å². The van der Waals surface area contributed by atoms with E-state index in [0.717, 1.165) is 13.0 Å². The summed E-state index contributed by atoms with van der Waals surface area (Å²) in [6.07, 6.45) is -0.622. The number of carbonyl (C=O) groups is 2. The van der Waals surface area contributed by atoms with Gasteiger partial charge in [-0.3, -0.25) is 4.79 Å². The molecule has 22 heavy (non-hydrogen) atoms.